The molecule has 2 aromatic heterocycles. The second kappa shape index (κ2) is 5.60. The molecule has 3 aromatic rings. The molecule has 0 aliphatic carbocycles. The van der Waals surface area contributed by atoms with Gasteiger partial charge >= 0.3 is 17.9 Å². The minimum Gasteiger partial charge on any atom is -0.449 e. The van der Waals surface area contributed by atoms with Crippen LogP contribution in [0, 0.1) is 0 Å². The van der Waals surface area contributed by atoms with Gasteiger partial charge in [0.1, 0.15) is 0 Å². The van der Waals surface area contributed by atoms with Gasteiger partial charge < -0.3 is 14.8 Å². The fraction of sp³-hybridized carbons (Fsp3) is 0.231. The third kappa shape index (κ3) is 2.69. The van der Waals surface area contributed by atoms with E-state index < -0.39 is 27.7 Å². The van der Waals surface area contributed by atoms with Gasteiger partial charge in [0.2, 0.25) is 0 Å². The number of carbonyl (C=O) groups is 1. The number of nitrogens with one attached hydrogen (secondary N) is 1. The van der Waals surface area contributed by atoms with Crippen LogP contribution in [0.15, 0.2) is 27.9 Å². The number of hydrogen-bond donors (Lipinski definition) is 2. The number of aromatic nitrogens is 4. The Balaban J connectivity index is 2.29. The largest absolute Gasteiger partial charge is 0.513 e. The van der Waals surface area contributed by atoms with Gasteiger partial charge in [0.05, 0.1) is 16.2 Å². The highest BCUT2D eigenvalue weighted by Gasteiger charge is 2.18. The van der Waals surface area contributed by atoms with Crippen LogP contribution in [0.5, 0.6) is 6.01 Å². The van der Waals surface area contributed by atoms with Crippen molar-refractivity contribution in [2.45, 2.75) is 18.2 Å². The molecule has 0 aliphatic heterocycles. The van der Waals surface area contributed by atoms with Crippen molar-refractivity contribution in [3.05, 3.63) is 28.7 Å². The molecule has 2 heterocycles. The predicted octanol–water partition coefficient (Wildman–Crippen LogP) is 0.811. The van der Waals surface area contributed by atoms with Crippen molar-refractivity contribution in [1.82, 2.24) is 19.6 Å². The highest BCUT2D eigenvalue weighted by molar-refractivity contribution is 7.91. The first-order valence-corrected chi connectivity index (χ1v) is 8.53. The van der Waals surface area contributed by atoms with Gasteiger partial charge in [-0.15, -0.1) is 5.10 Å². The van der Waals surface area contributed by atoms with Crippen LogP contribution in [-0.4, -0.2) is 45.0 Å². The van der Waals surface area contributed by atoms with Crippen LogP contribution in [0.3, 0.4) is 0 Å². The lowest BCUT2D eigenvalue weighted by Crippen LogP contribution is -2.18. The van der Waals surface area contributed by atoms with E-state index in [-0.39, 0.29) is 16.3 Å². The summed E-state index contributed by atoms with van der Waals surface area (Å²) in [5.41, 5.74) is -0.315. The molecule has 3 rings (SSSR count). The number of benzene rings is 1. The van der Waals surface area contributed by atoms with E-state index in [2.05, 4.69) is 19.8 Å². The molecule has 2 N–H and O–H groups in total. The Hall–Kier alpha value is -2.95. The van der Waals surface area contributed by atoms with E-state index in [1.54, 1.807) is 6.92 Å². The summed E-state index contributed by atoms with van der Waals surface area (Å²) in [5, 5.41) is 12.6. The monoisotopic (exact) mass is 352 g/mol. The minimum absolute atomic E-state index is 0.00134. The molecule has 0 saturated heterocycles. The van der Waals surface area contributed by atoms with E-state index in [1.807, 2.05) is 0 Å². The van der Waals surface area contributed by atoms with Crippen LogP contribution < -0.4 is 10.4 Å². The average molecular weight is 352 g/mol. The van der Waals surface area contributed by atoms with Crippen molar-refractivity contribution >= 4 is 32.5 Å². The van der Waals surface area contributed by atoms with Gasteiger partial charge in [-0.1, -0.05) is 6.92 Å². The zero-order valence-corrected chi connectivity index (χ0v) is 13.2. The standard InChI is InChI=1S/C13H12N4O6S/c1-2-5-24(21,22)7-3-4-9-8(6-7)10-15-11(23-13(19)20)16-17(10)12(18)14-9/h3-4,6H,2,5H2,1H3,(H,14,18)(H,19,20). The quantitative estimate of drug-likeness (QED) is 0.656. The third-order valence-electron chi connectivity index (χ3n) is 3.26. The molecule has 0 radical (unpaired) electrons. The van der Waals surface area contributed by atoms with Crippen LogP contribution in [0.25, 0.3) is 16.6 Å². The average Bonchev–Trinajstić information content (AvgIpc) is 2.90. The van der Waals surface area contributed by atoms with Gasteiger partial charge in [0, 0.05) is 5.39 Å². The van der Waals surface area contributed by atoms with E-state index in [0.717, 1.165) is 4.52 Å². The lowest BCUT2D eigenvalue weighted by Gasteiger charge is -2.05. The van der Waals surface area contributed by atoms with Gasteiger partial charge in [0.25, 0.3) is 0 Å². The normalized spacial score (nSPS) is 11.9. The maximum Gasteiger partial charge on any atom is 0.513 e. The lowest BCUT2D eigenvalue weighted by molar-refractivity contribution is 0.140. The van der Waals surface area contributed by atoms with E-state index in [9.17, 15) is 18.0 Å². The summed E-state index contributed by atoms with van der Waals surface area (Å²) in [4.78, 5) is 29.0. The summed E-state index contributed by atoms with van der Waals surface area (Å²) < 4.78 is 29.6. The molecule has 0 spiro atoms. The number of carboxylic acid groups (broad SMARTS) is 1. The lowest BCUT2D eigenvalue weighted by atomic mass is 10.2. The van der Waals surface area contributed by atoms with E-state index in [4.69, 9.17) is 5.11 Å². The zero-order valence-electron chi connectivity index (χ0n) is 12.4. The summed E-state index contributed by atoms with van der Waals surface area (Å²) in [6, 6.07) is 3.68. The van der Waals surface area contributed by atoms with E-state index in [1.165, 1.54) is 18.2 Å². The molecular weight excluding hydrogens is 340 g/mol. The number of sulfone groups is 1. The van der Waals surface area contributed by atoms with E-state index >= 15 is 0 Å². The molecule has 11 heteroatoms. The van der Waals surface area contributed by atoms with Crippen molar-refractivity contribution in [2.75, 3.05) is 5.75 Å². The van der Waals surface area contributed by atoms with Gasteiger partial charge in [-0.25, -0.2) is 18.0 Å². The zero-order chi connectivity index (χ0) is 17.5. The van der Waals surface area contributed by atoms with Crippen LogP contribution in [-0.2, 0) is 9.84 Å². The third-order valence-corrected chi connectivity index (χ3v) is 5.18. The van der Waals surface area contributed by atoms with Crippen LogP contribution >= 0.6 is 0 Å². The molecule has 0 bridgehead atoms. The Kier molecular flexibility index (Phi) is 3.72. The Morgan fingerprint density at radius 3 is 2.83 bits per heavy atom. The maximum atomic E-state index is 12.2. The van der Waals surface area contributed by atoms with Gasteiger partial charge in [0.15, 0.2) is 15.5 Å². The first-order valence-electron chi connectivity index (χ1n) is 6.88. The number of ether oxygens (including phenoxy) is 1. The maximum absolute atomic E-state index is 12.2. The van der Waals surface area contributed by atoms with Crippen molar-refractivity contribution in [3.8, 4) is 6.01 Å². The number of hydrogen-bond acceptors (Lipinski definition) is 7. The van der Waals surface area contributed by atoms with Crippen LogP contribution in [0.2, 0.25) is 0 Å². The molecule has 0 saturated carbocycles. The highest BCUT2D eigenvalue weighted by Crippen LogP contribution is 2.22. The van der Waals surface area contributed by atoms with Gasteiger partial charge in [-0.3, -0.25) is 0 Å². The molecule has 0 fully saturated rings. The SMILES string of the molecule is CCCS(=O)(=O)c1ccc2[nH]c(=O)n3nc(OC(=O)O)nc3c2c1. The van der Waals surface area contributed by atoms with Gasteiger partial charge in [-0.05, 0) is 24.6 Å². The molecule has 0 unspecified atom stereocenters. The summed E-state index contributed by atoms with van der Waals surface area (Å²) in [6.07, 6.45) is -1.17. The molecule has 0 atom stereocenters. The molecular formula is C13H12N4O6S. The Bertz CT molecular complexity index is 1110. The highest BCUT2D eigenvalue weighted by atomic mass is 32.2. The molecule has 1 aromatic carbocycles. The number of H-pyrrole nitrogens is 1. The van der Waals surface area contributed by atoms with Crippen molar-refractivity contribution in [3.63, 3.8) is 0 Å². The van der Waals surface area contributed by atoms with Crippen LogP contribution in [0.1, 0.15) is 13.3 Å². The van der Waals surface area contributed by atoms with Crippen LogP contribution in [0.4, 0.5) is 4.79 Å². The molecule has 0 aliphatic rings. The topological polar surface area (TPSA) is 144 Å². The fourth-order valence-corrected chi connectivity index (χ4v) is 3.64. The Morgan fingerprint density at radius 2 is 2.17 bits per heavy atom. The second-order valence-corrected chi connectivity index (χ2v) is 7.06. The summed E-state index contributed by atoms with van der Waals surface area (Å²) in [6.45, 7) is 1.75. The smallest absolute Gasteiger partial charge is 0.449 e. The Labute approximate surface area is 134 Å². The fourth-order valence-electron chi connectivity index (χ4n) is 2.30. The number of nitrogens with zero attached hydrogens (tertiary/aromatic N) is 3. The number of fused-ring (bicyclic) bond motifs is 3. The molecule has 0 amide bonds. The summed E-state index contributed by atoms with van der Waals surface area (Å²) in [7, 11) is -3.47. The number of rotatable bonds is 4. The minimum atomic E-state index is -3.47. The molecule has 10 nitrogen and oxygen atoms in total. The van der Waals surface area contributed by atoms with Crippen molar-refractivity contribution in [1.29, 1.82) is 0 Å². The molecule has 24 heavy (non-hydrogen) atoms. The summed E-state index contributed by atoms with van der Waals surface area (Å²) >= 11 is 0. The first-order chi connectivity index (χ1) is 11.3. The second-order valence-electron chi connectivity index (χ2n) is 4.95. The number of aromatic amines is 1. The van der Waals surface area contributed by atoms with Crippen molar-refractivity contribution < 1.29 is 23.1 Å². The van der Waals surface area contributed by atoms with Crippen molar-refractivity contribution in [2.24, 2.45) is 0 Å². The van der Waals surface area contributed by atoms with E-state index in [0.29, 0.717) is 17.3 Å². The predicted molar refractivity (Wildman–Crippen MR) is 82.1 cm³/mol. The first kappa shape index (κ1) is 15.9. The van der Waals surface area contributed by atoms with Gasteiger partial charge in [-0.2, -0.15) is 9.50 Å². The Morgan fingerprint density at radius 1 is 1.42 bits per heavy atom. The summed E-state index contributed by atoms with van der Waals surface area (Å²) in [5.74, 6) is -0.0157. The molecule has 126 valence electrons.